The number of amides is 1. The SMILES string of the molecule is CCCCCOc1cccc(C2C(=C(O)c3ccccc3)C(=O)C(=O)N2c2nnc(C)s2)c1. The van der Waals surface area contributed by atoms with Gasteiger partial charge in [-0.1, -0.05) is 73.6 Å². The van der Waals surface area contributed by atoms with E-state index in [4.69, 9.17) is 4.74 Å². The van der Waals surface area contributed by atoms with E-state index in [0.29, 0.717) is 33.6 Å². The van der Waals surface area contributed by atoms with E-state index >= 15 is 0 Å². The topological polar surface area (TPSA) is 92.6 Å². The Hall–Kier alpha value is -3.52. The van der Waals surface area contributed by atoms with Gasteiger partial charge in [-0.2, -0.15) is 0 Å². The van der Waals surface area contributed by atoms with E-state index in [1.165, 1.54) is 16.2 Å². The molecule has 2 aromatic carbocycles. The average molecular weight is 464 g/mol. The first-order chi connectivity index (χ1) is 16.0. The number of hydrogen-bond donors (Lipinski definition) is 1. The molecule has 170 valence electrons. The zero-order chi connectivity index (χ0) is 23.4. The third-order valence-electron chi connectivity index (χ3n) is 5.40. The van der Waals surface area contributed by atoms with Crippen molar-refractivity contribution in [2.24, 2.45) is 0 Å². The molecular weight excluding hydrogens is 438 g/mol. The molecule has 1 amide bonds. The number of benzene rings is 2. The Morgan fingerprint density at radius 2 is 1.88 bits per heavy atom. The Balaban J connectivity index is 1.81. The van der Waals surface area contributed by atoms with Crippen LogP contribution in [0.5, 0.6) is 5.75 Å². The zero-order valence-corrected chi connectivity index (χ0v) is 19.3. The molecule has 0 aliphatic carbocycles. The molecule has 0 radical (unpaired) electrons. The molecule has 8 heteroatoms. The standard InChI is InChI=1S/C25H25N3O4S/c1-3-4-8-14-32-19-13-9-12-18(15-19)21-20(22(29)17-10-6-5-7-11-17)23(30)24(31)28(21)25-27-26-16(2)33-25/h5-7,9-13,15,21,29H,3-4,8,14H2,1-2H3. The van der Waals surface area contributed by atoms with Crippen LogP contribution < -0.4 is 9.64 Å². The summed E-state index contributed by atoms with van der Waals surface area (Å²) in [4.78, 5) is 27.6. The van der Waals surface area contributed by atoms with E-state index in [0.717, 1.165) is 19.3 Å². The number of anilines is 1. The van der Waals surface area contributed by atoms with Crippen LogP contribution in [-0.4, -0.2) is 33.6 Å². The summed E-state index contributed by atoms with van der Waals surface area (Å²) in [6, 6.07) is 15.2. The molecule has 0 saturated carbocycles. The molecule has 0 spiro atoms. The molecule has 1 N–H and O–H groups in total. The first-order valence-corrected chi connectivity index (χ1v) is 11.7. The number of ketones is 1. The maximum absolute atomic E-state index is 13.1. The summed E-state index contributed by atoms with van der Waals surface area (Å²) in [6.45, 7) is 4.49. The summed E-state index contributed by atoms with van der Waals surface area (Å²) in [5.41, 5.74) is 1.12. The molecule has 1 saturated heterocycles. The number of aromatic nitrogens is 2. The number of carbonyl (C=O) groups excluding carboxylic acids is 2. The summed E-state index contributed by atoms with van der Waals surface area (Å²) in [7, 11) is 0. The Bertz CT molecular complexity index is 1190. The summed E-state index contributed by atoms with van der Waals surface area (Å²) >= 11 is 1.22. The van der Waals surface area contributed by atoms with Gasteiger partial charge in [0.2, 0.25) is 5.13 Å². The lowest BCUT2D eigenvalue weighted by Gasteiger charge is -2.23. The van der Waals surface area contributed by atoms with Gasteiger partial charge in [0.15, 0.2) is 0 Å². The van der Waals surface area contributed by atoms with Crippen molar-refractivity contribution in [2.45, 2.75) is 39.2 Å². The first-order valence-electron chi connectivity index (χ1n) is 10.9. The number of aliphatic hydroxyl groups is 1. The van der Waals surface area contributed by atoms with Gasteiger partial charge in [-0.25, -0.2) is 0 Å². The van der Waals surface area contributed by atoms with Gasteiger partial charge < -0.3 is 9.84 Å². The van der Waals surface area contributed by atoms with Crippen molar-refractivity contribution < 1.29 is 19.4 Å². The second kappa shape index (κ2) is 9.95. The second-order valence-corrected chi connectivity index (χ2v) is 8.93. The van der Waals surface area contributed by atoms with Gasteiger partial charge in [0.25, 0.3) is 5.78 Å². The number of aliphatic hydroxyl groups excluding tert-OH is 1. The van der Waals surface area contributed by atoms with Crippen molar-refractivity contribution in [1.82, 2.24) is 10.2 Å². The molecule has 0 bridgehead atoms. The lowest BCUT2D eigenvalue weighted by atomic mass is 9.95. The van der Waals surface area contributed by atoms with Gasteiger partial charge in [-0.15, -0.1) is 10.2 Å². The minimum atomic E-state index is -0.850. The van der Waals surface area contributed by atoms with Crippen LogP contribution in [0.15, 0.2) is 60.2 Å². The molecule has 33 heavy (non-hydrogen) atoms. The number of rotatable bonds is 8. The summed E-state index contributed by atoms with van der Waals surface area (Å²) < 4.78 is 5.90. The molecular formula is C25H25N3O4S. The number of nitrogens with zero attached hydrogens (tertiary/aromatic N) is 3. The van der Waals surface area contributed by atoms with Crippen LogP contribution in [0.4, 0.5) is 5.13 Å². The van der Waals surface area contributed by atoms with Crippen LogP contribution in [0.1, 0.15) is 48.4 Å². The van der Waals surface area contributed by atoms with E-state index in [1.807, 2.05) is 30.3 Å². The van der Waals surface area contributed by atoms with E-state index in [-0.39, 0.29) is 11.3 Å². The number of aryl methyl sites for hydroxylation is 1. The molecule has 7 nitrogen and oxygen atoms in total. The van der Waals surface area contributed by atoms with Crippen molar-refractivity contribution >= 4 is 33.9 Å². The molecule has 1 aliphatic rings. The Morgan fingerprint density at radius 3 is 2.58 bits per heavy atom. The quantitative estimate of drug-likeness (QED) is 0.218. The fraction of sp³-hybridized carbons (Fsp3) is 0.280. The zero-order valence-electron chi connectivity index (χ0n) is 18.5. The van der Waals surface area contributed by atoms with Crippen molar-refractivity contribution in [3.05, 3.63) is 76.3 Å². The van der Waals surface area contributed by atoms with Crippen LogP contribution in [0.2, 0.25) is 0 Å². The predicted molar refractivity (Wildman–Crippen MR) is 127 cm³/mol. The normalized spacial score (nSPS) is 17.5. The minimum Gasteiger partial charge on any atom is -0.507 e. The van der Waals surface area contributed by atoms with Crippen molar-refractivity contribution in [3.8, 4) is 5.75 Å². The molecule has 1 atom stereocenters. The van der Waals surface area contributed by atoms with Crippen LogP contribution in [-0.2, 0) is 9.59 Å². The highest BCUT2D eigenvalue weighted by Gasteiger charge is 2.48. The largest absolute Gasteiger partial charge is 0.507 e. The number of hydrogen-bond acceptors (Lipinski definition) is 7. The van der Waals surface area contributed by atoms with Gasteiger partial charge in [0, 0.05) is 5.56 Å². The van der Waals surface area contributed by atoms with Gasteiger partial charge in [-0.05, 0) is 31.0 Å². The van der Waals surface area contributed by atoms with Crippen molar-refractivity contribution in [3.63, 3.8) is 0 Å². The summed E-state index contributed by atoms with van der Waals surface area (Å²) in [5.74, 6) is -1.09. The number of ether oxygens (including phenoxy) is 1. The van der Waals surface area contributed by atoms with E-state index in [9.17, 15) is 14.7 Å². The van der Waals surface area contributed by atoms with Gasteiger partial charge >= 0.3 is 5.91 Å². The van der Waals surface area contributed by atoms with Crippen molar-refractivity contribution in [2.75, 3.05) is 11.5 Å². The Labute approximate surface area is 196 Å². The van der Waals surface area contributed by atoms with Crippen LogP contribution >= 0.6 is 11.3 Å². The maximum atomic E-state index is 13.1. The predicted octanol–water partition coefficient (Wildman–Crippen LogP) is 5.04. The smallest absolute Gasteiger partial charge is 0.301 e. The molecule has 1 aliphatic heterocycles. The van der Waals surface area contributed by atoms with Crippen LogP contribution in [0, 0.1) is 6.92 Å². The third kappa shape index (κ3) is 4.66. The van der Waals surface area contributed by atoms with Crippen LogP contribution in [0.3, 0.4) is 0 Å². The fourth-order valence-electron chi connectivity index (χ4n) is 3.80. The third-order valence-corrected chi connectivity index (χ3v) is 6.24. The second-order valence-electron chi connectivity index (χ2n) is 7.77. The number of Topliss-reactive ketones (excluding diaryl/α,β-unsaturated/α-hetero) is 1. The lowest BCUT2D eigenvalue weighted by molar-refractivity contribution is -0.132. The monoisotopic (exact) mass is 463 g/mol. The average Bonchev–Trinajstić information content (AvgIpc) is 3.37. The van der Waals surface area contributed by atoms with E-state index in [2.05, 4.69) is 17.1 Å². The fourth-order valence-corrected chi connectivity index (χ4v) is 4.51. The number of unbranched alkanes of at least 4 members (excludes halogenated alkanes) is 2. The number of carbonyl (C=O) groups is 2. The molecule has 1 aromatic heterocycles. The highest BCUT2D eigenvalue weighted by atomic mass is 32.1. The Morgan fingerprint density at radius 1 is 1.09 bits per heavy atom. The van der Waals surface area contributed by atoms with Crippen LogP contribution in [0.25, 0.3) is 5.76 Å². The molecule has 1 fully saturated rings. The highest BCUT2D eigenvalue weighted by molar-refractivity contribution is 7.15. The summed E-state index contributed by atoms with van der Waals surface area (Å²) in [5, 5.41) is 20.2. The summed E-state index contributed by atoms with van der Waals surface area (Å²) in [6.07, 6.45) is 3.11. The highest BCUT2D eigenvalue weighted by Crippen LogP contribution is 2.43. The maximum Gasteiger partial charge on any atom is 0.301 e. The van der Waals surface area contributed by atoms with Gasteiger partial charge in [0.05, 0.1) is 18.2 Å². The molecule has 3 aromatic rings. The minimum absolute atomic E-state index is 0.0159. The molecule has 4 rings (SSSR count). The van der Waals surface area contributed by atoms with Crippen molar-refractivity contribution in [1.29, 1.82) is 0 Å². The molecule has 1 unspecified atom stereocenters. The van der Waals surface area contributed by atoms with E-state index < -0.39 is 17.7 Å². The van der Waals surface area contributed by atoms with E-state index in [1.54, 1.807) is 31.2 Å². The lowest BCUT2D eigenvalue weighted by Crippen LogP contribution is -2.29. The Kier molecular flexibility index (Phi) is 6.84. The molecule has 2 heterocycles. The van der Waals surface area contributed by atoms with Gasteiger partial charge in [-0.3, -0.25) is 14.5 Å². The van der Waals surface area contributed by atoms with Gasteiger partial charge in [0.1, 0.15) is 16.5 Å². The first kappa shape index (κ1) is 22.7.